The molecule has 1 amide bonds. The summed E-state index contributed by atoms with van der Waals surface area (Å²) in [5.41, 5.74) is -3.34. The normalized spacial score (nSPS) is 10.5. The summed E-state index contributed by atoms with van der Waals surface area (Å²) >= 11 is 7.79. The lowest BCUT2D eigenvalue weighted by Gasteiger charge is -2.14. The topological polar surface area (TPSA) is 148 Å². The second kappa shape index (κ2) is 13.0. The molecule has 30 heavy (non-hydrogen) atoms. The van der Waals surface area contributed by atoms with E-state index < -0.39 is 55.0 Å². The Hall–Kier alpha value is -2.48. The Kier molecular flexibility index (Phi) is 11.0. The number of amides is 1. The van der Waals surface area contributed by atoms with Crippen LogP contribution in [0.4, 0.5) is 0 Å². The Labute approximate surface area is 182 Å². The fraction of sp³-hybridized carbons (Fsp3) is 0.625. The Morgan fingerprint density at radius 3 is 1.73 bits per heavy atom. The number of ether oxygens (including phenoxy) is 2. The zero-order valence-corrected chi connectivity index (χ0v) is 18.2. The molecule has 0 aliphatic heterocycles. The molecule has 1 rings (SSSR count). The van der Waals surface area contributed by atoms with E-state index in [0.29, 0.717) is 20.1 Å². The van der Waals surface area contributed by atoms with Crippen LogP contribution in [0.5, 0.6) is 0 Å². The number of nitrogens with zero attached hydrogens (tertiary/aromatic N) is 3. The molecule has 12 nitrogen and oxygen atoms in total. The van der Waals surface area contributed by atoms with Gasteiger partial charge in [-0.3, -0.25) is 14.4 Å². The third-order valence-corrected chi connectivity index (χ3v) is 4.09. The molecule has 0 aromatic carbocycles. The number of rotatable bonds is 12. The lowest BCUT2D eigenvalue weighted by atomic mass is 10.3. The molecule has 0 unspecified atom stereocenters. The molecule has 1 N–H and O–H groups in total. The molecule has 168 valence electrons. The lowest BCUT2D eigenvalue weighted by Crippen LogP contribution is -2.56. The van der Waals surface area contributed by atoms with E-state index in [1.165, 1.54) is 0 Å². The van der Waals surface area contributed by atoms with Gasteiger partial charge in [-0.25, -0.2) is 28.1 Å². The van der Waals surface area contributed by atoms with Crippen LogP contribution in [-0.2, 0) is 44.0 Å². The standard InChI is InChI=1S/C16H24N4O8S2/c1-2-3-12(22)27-9-19-14(24)18(8-17-11(21)4-6-29)15(25)20(16(19)26)10-28-13(23)5-7-30/h29-30H,2-10H2,1H3,(H,17,21). The van der Waals surface area contributed by atoms with Crippen LogP contribution in [0.25, 0.3) is 0 Å². The molecule has 0 bridgehead atoms. The summed E-state index contributed by atoms with van der Waals surface area (Å²) < 4.78 is 11.3. The third kappa shape index (κ3) is 7.40. The van der Waals surface area contributed by atoms with Gasteiger partial charge in [0, 0.05) is 18.6 Å². The highest BCUT2D eigenvalue weighted by atomic mass is 32.1. The van der Waals surface area contributed by atoms with E-state index in [-0.39, 0.29) is 30.8 Å². The number of hydrogen-bond acceptors (Lipinski definition) is 10. The zero-order valence-electron chi connectivity index (χ0n) is 16.4. The van der Waals surface area contributed by atoms with Gasteiger partial charge in [0.25, 0.3) is 0 Å². The summed E-state index contributed by atoms with van der Waals surface area (Å²) in [7, 11) is 0. The molecule has 1 heterocycles. The number of hydrogen-bond donors (Lipinski definition) is 3. The van der Waals surface area contributed by atoms with Crippen LogP contribution in [-0.4, -0.2) is 43.1 Å². The van der Waals surface area contributed by atoms with Crippen molar-refractivity contribution in [2.75, 3.05) is 11.5 Å². The summed E-state index contributed by atoms with van der Waals surface area (Å²) in [5, 5.41) is 2.35. The highest BCUT2D eigenvalue weighted by Crippen LogP contribution is 1.93. The van der Waals surface area contributed by atoms with Gasteiger partial charge >= 0.3 is 29.0 Å². The molecule has 0 aliphatic carbocycles. The Bertz CT molecular complexity index is 787. The fourth-order valence-electron chi connectivity index (χ4n) is 2.11. The van der Waals surface area contributed by atoms with Gasteiger partial charge in [-0.05, 0) is 12.2 Å². The van der Waals surface area contributed by atoms with E-state index in [4.69, 9.17) is 9.47 Å². The molecule has 0 spiro atoms. The van der Waals surface area contributed by atoms with Gasteiger partial charge in [0.1, 0.15) is 6.67 Å². The number of nitrogens with one attached hydrogen (secondary N) is 1. The molecule has 0 saturated heterocycles. The molecular formula is C16H24N4O8S2. The first kappa shape index (κ1) is 25.6. The molecular weight excluding hydrogens is 440 g/mol. The van der Waals surface area contributed by atoms with Crippen molar-refractivity contribution in [3.63, 3.8) is 0 Å². The van der Waals surface area contributed by atoms with Crippen molar-refractivity contribution in [2.45, 2.75) is 52.7 Å². The van der Waals surface area contributed by atoms with E-state index in [1.54, 1.807) is 6.92 Å². The predicted molar refractivity (Wildman–Crippen MR) is 111 cm³/mol. The average Bonchev–Trinajstić information content (AvgIpc) is 2.68. The minimum Gasteiger partial charge on any atom is -0.444 e. The fourth-order valence-corrected chi connectivity index (χ4v) is 2.49. The summed E-state index contributed by atoms with van der Waals surface area (Å²) in [6.45, 7) is -0.310. The van der Waals surface area contributed by atoms with E-state index >= 15 is 0 Å². The van der Waals surface area contributed by atoms with E-state index in [9.17, 15) is 28.8 Å². The van der Waals surface area contributed by atoms with Gasteiger partial charge < -0.3 is 14.8 Å². The Balaban J connectivity index is 3.30. The predicted octanol–water partition coefficient (Wildman–Crippen LogP) is -1.31. The monoisotopic (exact) mass is 464 g/mol. The van der Waals surface area contributed by atoms with E-state index in [0.717, 1.165) is 0 Å². The van der Waals surface area contributed by atoms with Crippen molar-refractivity contribution in [1.82, 2.24) is 19.0 Å². The molecule has 1 aromatic heterocycles. The van der Waals surface area contributed by atoms with E-state index in [1.807, 2.05) is 0 Å². The SMILES string of the molecule is CCCC(=O)OCn1c(=O)n(CNC(=O)CCS)c(=O)n(COC(=O)CCS)c1=O. The maximum atomic E-state index is 12.6. The van der Waals surface area contributed by atoms with Crippen molar-refractivity contribution in [2.24, 2.45) is 0 Å². The van der Waals surface area contributed by atoms with Gasteiger partial charge in [-0.2, -0.15) is 25.3 Å². The summed E-state index contributed by atoms with van der Waals surface area (Å²) in [6.07, 6.45) is 0.557. The number of thiol groups is 2. The highest BCUT2D eigenvalue weighted by molar-refractivity contribution is 7.80. The van der Waals surface area contributed by atoms with Crippen LogP contribution >= 0.6 is 25.3 Å². The zero-order chi connectivity index (χ0) is 22.7. The molecule has 14 heteroatoms. The van der Waals surface area contributed by atoms with Crippen LogP contribution < -0.4 is 22.4 Å². The van der Waals surface area contributed by atoms with Crippen molar-refractivity contribution in [3.8, 4) is 0 Å². The van der Waals surface area contributed by atoms with Crippen LogP contribution in [0.2, 0.25) is 0 Å². The Morgan fingerprint density at radius 2 is 1.27 bits per heavy atom. The highest BCUT2D eigenvalue weighted by Gasteiger charge is 2.18. The molecule has 0 fully saturated rings. The molecule has 0 radical (unpaired) electrons. The summed E-state index contributed by atoms with van der Waals surface area (Å²) in [5.74, 6) is -1.39. The number of carbonyl (C=O) groups excluding carboxylic acids is 3. The summed E-state index contributed by atoms with van der Waals surface area (Å²) in [4.78, 5) is 72.5. The first-order valence-electron chi connectivity index (χ1n) is 9.00. The third-order valence-electron chi connectivity index (χ3n) is 3.64. The summed E-state index contributed by atoms with van der Waals surface area (Å²) in [6, 6.07) is 0. The van der Waals surface area contributed by atoms with Crippen LogP contribution in [0, 0.1) is 0 Å². The lowest BCUT2D eigenvalue weighted by molar-refractivity contribution is -0.147. The molecule has 1 aromatic rings. The number of carbonyl (C=O) groups is 3. The first-order valence-corrected chi connectivity index (χ1v) is 10.3. The van der Waals surface area contributed by atoms with Gasteiger partial charge in [-0.15, -0.1) is 0 Å². The van der Waals surface area contributed by atoms with Gasteiger partial charge in [-0.1, -0.05) is 6.92 Å². The quantitative estimate of drug-likeness (QED) is 0.255. The van der Waals surface area contributed by atoms with Crippen molar-refractivity contribution in [3.05, 3.63) is 31.5 Å². The second-order valence-electron chi connectivity index (χ2n) is 5.88. The van der Waals surface area contributed by atoms with Crippen LogP contribution in [0.3, 0.4) is 0 Å². The Morgan fingerprint density at radius 1 is 0.800 bits per heavy atom. The molecule has 0 atom stereocenters. The second-order valence-corrected chi connectivity index (χ2v) is 6.77. The van der Waals surface area contributed by atoms with Crippen molar-refractivity contribution >= 4 is 43.1 Å². The van der Waals surface area contributed by atoms with Crippen molar-refractivity contribution < 1.29 is 23.9 Å². The molecule has 0 saturated carbocycles. The van der Waals surface area contributed by atoms with Crippen LogP contribution in [0.1, 0.15) is 32.6 Å². The van der Waals surface area contributed by atoms with Gasteiger partial charge in [0.2, 0.25) is 5.91 Å². The largest absolute Gasteiger partial charge is 0.444 e. The van der Waals surface area contributed by atoms with Gasteiger partial charge in [0.15, 0.2) is 13.5 Å². The number of aromatic nitrogens is 3. The van der Waals surface area contributed by atoms with E-state index in [2.05, 4.69) is 30.6 Å². The van der Waals surface area contributed by atoms with Crippen LogP contribution in [0.15, 0.2) is 14.4 Å². The molecule has 0 aliphatic rings. The maximum Gasteiger partial charge on any atom is 0.341 e. The minimum atomic E-state index is -1.13. The maximum absolute atomic E-state index is 12.6. The van der Waals surface area contributed by atoms with Gasteiger partial charge in [0.05, 0.1) is 6.42 Å². The average molecular weight is 465 g/mol. The number of esters is 2. The smallest absolute Gasteiger partial charge is 0.341 e. The minimum absolute atomic E-state index is 0.0433. The van der Waals surface area contributed by atoms with Crippen molar-refractivity contribution in [1.29, 1.82) is 0 Å². The first-order chi connectivity index (χ1) is 14.3.